The molecule has 0 saturated heterocycles. The molecule has 194 valence electrons. The molecule has 2 amide bonds. The Balaban J connectivity index is 1.52. The van der Waals surface area contributed by atoms with Crippen molar-refractivity contribution in [2.75, 3.05) is 18.6 Å². The first-order chi connectivity index (χ1) is 18.4. The third-order valence-corrected chi connectivity index (χ3v) is 6.73. The molecule has 1 N–H and O–H groups in total. The largest absolute Gasteiger partial charge is 0.497 e. The van der Waals surface area contributed by atoms with Crippen molar-refractivity contribution in [3.8, 4) is 22.8 Å². The molecule has 8 nitrogen and oxygen atoms in total. The van der Waals surface area contributed by atoms with E-state index < -0.39 is 5.54 Å². The topological polar surface area (TPSA) is 85.7 Å². The maximum atomic E-state index is 14.0. The molecule has 38 heavy (non-hydrogen) atoms. The van der Waals surface area contributed by atoms with Crippen LogP contribution in [-0.4, -0.2) is 40.9 Å². The van der Waals surface area contributed by atoms with E-state index in [9.17, 15) is 9.59 Å². The number of carbonyl (C=O) groups is 2. The van der Waals surface area contributed by atoms with E-state index in [0.29, 0.717) is 36.0 Å². The van der Waals surface area contributed by atoms with Crippen LogP contribution in [0.4, 0.5) is 5.69 Å². The van der Waals surface area contributed by atoms with E-state index >= 15 is 0 Å². The van der Waals surface area contributed by atoms with Gasteiger partial charge in [-0.1, -0.05) is 30.3 Å². The van der Waals surface area contributed by atoms with Crippen LogP contribution in [0, 0.1) is 0 Å². The van der Waals surface area contributed by atoms with Crippen LogP contribution < -0.4 is 19.7 Å². The van der Waals surface area contributed by atoms with Gasteiger partial charge in [-0.2, -0.15) is 5.10 Å². The Labute approximate surface area is 221 Å². The summed E-state index contributed by atoms with van der Waals surface area (Å²) in [5.41, 5.74) is 2.27. The average molecular weight is 511 g/mol. The molecule has 0 aliphatic carbocycles. The highest BCUT2D eigenvalue weighted by atomic mass is 16.5. The summed E-state index contributed by atoms with van der Waals surface area (Å²) < 4.78 is 12.5. The summed E-state index contributed by atoms with van der Waals surface area (Å²) in [5, 5.41) is 7.75. The van der Waals surface area contributed by atoms with Crippen LogP contribution in [0.25, 0.3) is 11.3 Å². The number of amides is 2. The fourth-order valence-corrected chi connectivity index (χ4v) is 4.72. The summed E-state index contributed by atoms with van der Waals surface area (Å²) in [6.45, 7) is 4.77. The number of rotatable bonds is 8. The molecule has 1 aliphatic rings. The van der Waals surface area contributed by atoms with Gasteiger partial charge >= 0.3 is 0 Å². The normalized spacial score (nSPS) is 16.6. The van der Waals surface area contributed by atoms with Crippen molar-refractivity contribution in [2.24, 2.45) is 0 Å². The van der Waals surface area contributed by atoms with Crippen LogP contribution in [-0.2, 0) is 17.9 Å². The standard InChI is InChI=1S/C30H30N4O4/c1-4-38-25-16-12-23(13-17-25)34-28(35)27-18-26(22-10-14-24(37-3)15-11-22)32-33(27)20-30(34,2)29(36)31-19-21-8-6-5-7-9-21/h5-18H,4,19-20H2,1-3H3,(H,31,36). The van der Waals surface area contributed by atoms with E-state index in [4.69, 9.17) is 14.6 Å². The smallest absolute Gasteiger partial charge is 0.277 e. The fourth-order valence-electron chi connectivity index (χ4n) is 4.72. The second-order valence-electron chi connectivity index (χ2n) is 9.31. The minimum atomic E-state index is -1.23. The summed E-state index contributed by atoms with van der Waals surface area (Å²) in [6.07, 6.45) is 0. The molecule has 2 heterocycles. The number of hydrogen-bond donors (Lipinski definition) is 1. The number of nitrogens with zero attached hydrogens (tertiary/aromatic N) is 3. The van der Waals surface area contributed by atoms with Crippen LogP contribution in [0.15, 0.2) is 84.9 Å². The van der Waals surface area contributed by atoms with Crippen molar-refractivity contribution < 1.29 is 19.1 Å². The monoisotopic (exact) mass is 510 g/mol. The summed E-state index contributed by atoms with van der Waals surface area (Å²) in [6, 6.07) is 26.2. The van der Waals surface area contributed by atoms with Crippen molar-refractivity contribution in [3.63, 3.8) is 0 Å². The average Bonchev–Trinajstić information content (AvgIpc) is 3.37. The van der Waals surface area contributed by atoms with Gasteiger partial charge in [0, 0.05) is 17.8 Å². The Hall–Kier alpha value is -4.59. The molecular weight excluding hydrogens is 480 g/mol. The van der Waals surface area contributed by atoms with Gasteiger partial charge in [0.2, 0.25) is 5.91 Å². The van der Waals surface area contributed by atoms with Crippen LogP contribution in [0.5, 0.6) is 11.5 Å². The van der Waals surface area contributed by atoms with E-state index in [1.54, 1.807) is 29.7 Å². The number of carbonyl (C=O) groups excluding carboxylic acids is 2. The predicted molar refractivity (Wildman–Crippen MR) is 145 cm³/mol. The number of aromatic nitrogens is 2. The fraction of sp³-hybridized carbons (Fsp3) is 0.233. The van der Waals surface area contributed by atoms with Gasteiger partial charge in [0.25, 0.3) is 5.91 Å². The second-order valence-corrected chi connectivity index (χ2v) is 9.31. The zero-order chi connectivity index (χ0) is 26.7. The first-order valence-corrected chi connectivity index (χ1v) is 12.5. The van der Waals surface area contributed by atoms with E-state index in [2.05, 4.69) is 5.32 Å². The van der Waals surface area contributed by atoms with Crippen molar-refractivity contribution in [1.82, 2.24) is 15.1 Å². The highest BCUT2D eigenvalue weighted by molar-refractivity contribution is 6.12. The number of benzene rings is 3. The molecule has 5 rings (SSSR count). The molecular formula is C30H30N4O4. The van der Waals surface area contributed by atoms with Gasteiger partial charge in [-0.3, -0.25) is 19.2 Å². The van der Waals surface area contributed by atoms with Crippen LogP contribution in [0.2, 0.25) is 0 Å². The van der Waals surface area contributed by atoms with Crippen molar-refractivity contribution in [3.05, 3.63) is 96.2 Å². The van der Waals surface area contributed by atoms with Gasteiger partial charge in [-0.15, -0.1) is 0 Å². The van der Waals surface area contributed by atoms with E-state index in [-0.39, 0.29) is 18.4 Å². The summed E-state index contributed by atoms with van der Waals surface area (Å²) in [4.78, 5) is 29.3. The number of fused-ring (bicyclic) bond motifs is 1. The van der Waals surface area contributed by atoms with Crippen molar-refractivity contribution in [2.45, 2.75) is 32.5 Å². The lowest BCUT2D eigenvalue weighted by atomic mass is 9.93. The van der Waals surface area contributed by atoms with Crippen molar-refractivity contribution in [1.29, 1.82) is 0 Å². The highest BCUT2D eigenvalue weighted by Gasteiger charge is 2.48. The molecule has 0 saturated carbocycles. The molecule has 4 aromatic rings. The van der Waals surface area contributed by atoms with Crippen molar-refractivity contribution >= 4 is 17.5 Å². The van der Waals surface area contributed by atoms with E-state index in [1.165, 1.54) is 0 Å². The van der Waals surface area contributed by atoms with Crippen LogP contribution in [0.1, 0.15) is 29.9 Å². The van der Waals surface area contributed by atoms with E-state index in [1.807, 2.05) is 85.8 Å². The number of nitrogens with one attached hydrogen (secondary N) is 1. The maximum Gasteiger partial charge on any atom is 0.277 e. The Kier molecular flexibility index (Phi) is 6.87. The Morgan fingerprint density at radius 1 is 1.00 bits per heavy atom. The lowest BCUT2D eigenvalue weighted by Crippen LogP contribution is -2.64. The minimum absolute atomic E-state index is 0.193. The molecule has 3 aromatic carbocycles. The molecule has 1 aliphatic heterocycles. The zero-order valence-electron chi connectivity index (χ0n) is 21.7. The SMILES string of the molecule is CCOc1ccc(N2C(=O)c3cc(-c4ccc(OC)cc4)nn3CC2(C)C(=O)NCc2ccccc2)cc1. The number of anilines is 1. The van der Waals surface area contributed by atoms with Gasteiger partial charge in [-0.25, -0.2) is 0 Å². The lowest BCUT2D eigenvalue weighted by Gasteiger charge is -2.43. The summed E-state index contributed by atoms with van der Waals surface area (Å²) >= 11 is 0. The van der Waals surface area contributed by atoms with Gasteiger partial charge in [0.1, 0.15) is 22.7 Å². The summed E-state index contributed by atoms with van der Waals surface area (Å²) in [7, 11) is 1.61. The highest BCUT2D eigenvalue weighted by Crippen LogP contribution is 2.35. The molecule has 0 radical (unpaired) electrons. The number of hydrogen-bond acceptors (Lipinski definition) is 5. The number of methoxy groups -OCH3 is 1. The first kappa shape index (κ1) is 25.1. The molecule has 1 atom stereocenters. The molecule has 8 heteroatoms. The van der Waals surface area contributed by atoms with Gasteiger partial charge in [-0.05, 0) is 74.0 Å². The molecule has 0 spiro atoms. The summed E-state index contributed by atoms with van der Waals surface area (Å²) in [5.74, 6) is 0.863. The predicted octanol–water partition coefficient (Wildman–Crippen LogP) is 4.69. The molecule has 0 fully saturated rings. The van der Waals surface area contributed by atoms with Gasteiger partial charge in [0.15, 0.2) is 0 Å². The number of ether oxygens (including phenoxy) is 2. The molecule has 0 bridgehead atoms. The zero-order valence-corrected chi connectivity index (χ0v) is 21.7. The Morgan fingerprint density at radius 2 is 1.68 bits per heavy atom. The van der Waals surface area contributed by atoms with E-state index in [0.717, 1.165) is 16.9 Å². The van der Waals surface area contributed by atoms with Crippen LogP contribution in [0.3, 0.4) is 0 Å². The quantitative estimate of drug-likeness (QED) is 0.372. The Morgan fingerprint density at radius 3 is 2.34 bits per heavy atom. The maximum absolute atomic E-state index is 14.0. The third-order valence-electron chi connectivity index (χ3n) is 6.73. The lowest BCUT2D eigenvalue weighted by molar-refractivity contribution is -0.126. The third kappa shape index (κ3) is 4.72. The van der Waals surface area contributed by atoms with Gasteiger partial charge < -0.3 is 14.8 Å². The molecule has 1 aromatic heterocycles. The minimum Gasteiger partial charge on any atom is -0.497 e. The van der Waals surface area contributed by atoms with Gasteiger partial charge in [0.05, 0.1) is 26.0 Å². The molecule has 1 unspecified atom stereocenters. The Bertz CT molecular complexity index is 1430. The second kappa shape index (κ2) is 10.4. The van der Waals surface area contributed by atoms with Crippen LogP contribution >= 0.6 is 0 Å². The first-order valence-electron chi connectivity index (χ1n) is 12.5.